The van der Waals surface area contributed by atoms with Crippen molar-refractivity contribution in [2.75, 3.05) is 17.2 Å². The van der Waals surface area contributed by atoms with E-state index in [2.05, 4.69) is 11.4 Å². The molecule has 0 fully saturated rings. The van der Waals surface area contributed by atoms with Crippen LogP contribution < -0.4 is 10.2 Å². The lowest BCUT2D eigenvalue weighted by Crippen LogP contribution is -2.44. The molecule has 0 radical (unpaired) electrons. The number of nitrogens with zero attached hydrogens (tertiary/aromatic N) is 3. The number of carbonyl (C=O) groups excluding carboxylic acids is 2. The van der Waals surface area contributed by atoms with Crippen LogP contribution in [0.4, 0.5) is 5.69 Å². The summed E-state index contributed by atoms with van der Waals surface area (Å²) in [5, 5.41) is 21.8. The highest BCUT2D eigenvalue weighted by Crippen LogP contribution is 2.42. The van der Waals surface area contributed by atoms with Crippen molar-refractivity contribution in [2.24, 2.45) is 11.3 Å². The Bertz CT molecular complexity index is 892. The van der Waals surface area contributed by atoms with Gasteiger partial charge >= 0.3 is 0 Å². The predicted octanol–water partition coefficient (Wildman–Crippen LogP) is 2.34. The van der Waals surface area contributed by atoms with Gasteiger partial charge in [-0.05, 0) is 18.1 Å². The Balaban J connectivity index is 1.78. The average Bonchev–Trinajstić information content (AvgIpc) is 3.03. The third kappa shape index (κ3) is 2.95. The number of hydrogen-bond acceptors (Lipinski definition) is 5. The number of carbonyl (C=O) groups is 2. The van der Waals surface area contributed by atoms with Crippen LogP contribution in [0.5, 0.6) is 0 Å². The van der Waals surface area contributed by atoms with E-state index in [-0.39, 0.29) is 11.7 Å². The van der Waals surface area contributed by atoms with Crippen LogP contribution in [0.3, 0.4) is 0 Å². The molecular formula is C19H18N4O2S. The van der Waals surface area contributed by atoms with Gasteiger partial charge in [-0.3, -0.25) is 9.59 Å². The summed E-state index contributed by atoms with van der Waals surface area (Å²) in [6.07, 6.45) is 0.826. The van der Waals surface area contributed by atoms with E-state index in [1.165, 1.54) is 0 Å². The topological polar surface area (TPSA) is 97.0 Å². The molecule has 2 aliphatic rings. The van der Waals surface area contributed by atoms with Gasteiger partial charge in [-0.15, -0.1) is 0 Å². The van der Waals surface area contributed by atoms with E-state index >= 15 is 0 Å². The Kier molecular flexibility index (Phi) is 4.76. The smallest absolute Gasteiger partial charge is 0.243 e. The van der Waals surface area contributed by atoms with Crippen molar-refractivity contribution in [3.63, 3.8) is 0 Å². The molecule has 1 atom stereocenters. The van der Waals surface area contributed by atoms with E-state index in [1.807, 2.05) is 30.3 Å². The standard InChI is InChI=1S/C19H18N4O2S/c1-19(2)13(9-20)17(25)22-18(14(19)10-21)26-11-16(24)23-8-7-12-5-3-4-6-15(12)23/h3-6,13H,7-8,11H2,1-2H3,(H,22,25)/t13-/m1/s1. The van der Waals surface area contributed by atoms with Crippen molar-refractivity contribution in [1.29, 1.82) is 10.5 Å². The second-order valence-electron chi connectivity index (χ2n) is 6.80. The summed E-state index contributed by atoms with van der Waals surface area (Å²) in [5.41, 5.74) is 1.51. The number of benzene rings is 1. The maximum absolute atomic E-state index is 12.6. The fourth-order valence-electron chi connectivity index (χ4n) is 3.34. The molecule has 7 heteroatoms. The number of anilines is 1. The largest absolute Gasteiger partial charge is 0.319 e. The zero-order valence-electron chi connectivity index (χ0n) is 14.6. The molecule has 0 spiro atoms. The van der Waals surface area contributed by atoms with E-state index in [1.54, 1.807) is 18.7 Å². The van der Waals surface area contributed by atoms with Crippen LogP contribution in [-0.2, 0) is 16.0 Å². The lowest BCUT2D eigenvalue weighted by Gasteiger charge is -2.34. The summed E-state index contributed by atoms with van der Waals surface area (Å²) in [6, 6.07) is 11.9. The van der Waals surface area contributed by atoms with Gasteiger partial charge in [0.2, 0.25) is 11.8 Å². The van der Waals surface area contributed by atoms with Gasteiger partial charge in [-0.25, -0.2) is 0 Å². The number of amides is 2. The lowest BCUT2D eigenvalue weighted by molar-refractivity contribution is -0.125. The third-order valence-electron chi connectivity index (χ3n) is 4.86. The van der Waals surface area contributed by atoms with E-state index in [9.17, 15) is 20.1 Å². The van der Waals surface area contributed by atoms with Crippen LogP contribution in [0.2, 0.25) is 0 Å². The number of hydrogen-bond donors (Lipinski definition) is 1. The number of allylic oxidation sites excluding steroid dienone is 1. The highest BCUT2D eigenvalue weighted by atomic mass is 32.2. The molecule has 1 aromatic carbocycles. The van der Waals surface area contributed by atoms with Crippen LogP contribution in [0.25, 0.3) is 0 Å². The molecular weight excluding hydrogens is 348 g/mol. The fraction of sp³-hybridized carbons (Fsp3) is 0.368. The first kappa shape index (κ1) is 18.0. The molecule has 2 heterocycles. The van der Waals surface area contributed by atoms with E-state index < -0.39 is 17.2 Å². The molecule has 3 rings (SSSR count). The van der Waals surface area contributed by atoms with Crippen molar-refractivity contribution in [2.45, 2.75) is 20.3 Å². The monoisotopic (exact) mass is 366 g/mol. The van der Waals surface area contributed by atoms with Crippen LogP contribution >= 0.6 is 11.8 Å². The Morgan fingerprint density at radius 3 is 2.81 bits per heavy atom. The van der Waals surface area contributed by atoms with Gasteiger partial charge in [0.25, 0.3) is 0 Å². The van der Waals surface area contributed by atoms with E-state index in [4.69, 9.17) is 0 Å². The number of thioether (sulfide) groups is 1. The minimum Gasteiger partial charge on any atom is -0.319 e. The quantitative estimate of drug-likeness (QED) is 0.885. The van der Waals surface area contributed by atoms with Gasteiger partial charge in [-0.1, -0.05) is 43.8 Å². The molecule has 0 saturated carbocycles. The maximum atomic E-state index is 12.6. The SMILES string of the molecule is CC1(C)C(C#N)=C(SCC(=O)N2CCc3ccccc32)NC(=O)[C@H]1C#N. The first-order valence-corrected chi connectivity index (χ1v) is 9.25. The molecule has 6 nitrogen and oxygen atoms in total. The second kappa shape index (κ2) is 6.86. The summed E-state index contributed by atoms with van der Waals surface area (Å²) in [5.74, 6) is -1.32. The molecule has 1 aromatic rings. The highest BCUT2D eigenvalue weighted by Gasteiger charge is 2.44. The van der Waals surface area contributed by atoms with Gasteiger partial charge in [0, 0.05) is 17.6 Å². The van der Waals surface area contributed by atoms with Crippen molar-refractivity contribution in [3.8, 4) is 12.1 Å². The van der Waals surface area contributed by atoms with E-state index in [0.717, 1.165) is 29.4 Å². The third-order valence-corrected chi connectivity index (χ3v) is 5.85. The summed E-state index contributed by atoms with van der Waals surface area (Å²) in [7, 11) is 0. The minimum absolute atomic E-state index is 0.0702. The summed E-state index contributed by atoms with van der Waals surface area (Å²) in [6.45, 7) is 4.05. The predicted molar refractivity (Wildman–Crippen MR) is 98.6 cm³/mol. The Morgan fingerprint density at radius 2 is 2.12 bits per heavy atom. The number of rotatable bonds is 3. The molecule has 26 heavy (non-hydrogen) atoms. The molecule has 0 aromatic heterocycles. The van der Waals surface area contributed by atoms with Crippen LogP contribution in [0.15, 0.2) is 34.9 Å². The molecule has 0 aliphatic carbocycles. The molecule has 132 valence electrons. The Hall–Kier alpha value is -2.77. The first-order valence-electron chi connectivity index (χ1n) is 8.26. The molecule has 0 unspecified atom stereocenters. The molecule has 2 aliphatic heterocycles. The number of nitrogens with one attached hydrogen (secondary N) is 1. The van der Waals surface area contributed by atoms with Gasteiger partial charge in [-0.2, -0.15) is 10.5 Å². The fourth-order valence-corrected chi connectivity index (χ4v) is 4.39. The van der Waals surface area contributed by atoms with Crippen LogP contribution in [-0.4, -0.2) is 24.1 Å². The van der Waals surface area contributed by atoms with Crippen molar-refractivity contribution in [3.05, 3.63) is 40.4 Å². The van der Waals surface area contributed by atoms with E-state index in [0.29, 0.717) is 17.1 Å². The number of para-hydroxylation sites is 1. The van der Waals surface area contributed by atoms with Crippen LogP contribution in [0.1, 0.15) is 19.4 Å². The maximum Gasteiger partial charge on any atom is 0.243 e. The average molecular weight is 366 g/mol. The summed E-state index contributed by atoms with van der Waals surface area (Å²) in [4.78, 5) is 26.6. The first-order chi connectivity index (χ1) is 12.4. The normalized spacial score (nSPS) is 20.8. The zero-order chi connectivity index (χ0) is 18.9. The molecule has 0 bridgehead atoms. The Labute approximate surface area is 156 Å². The second-order valence-corrected chi connectivity index (χ2v) is 7.79. The summed E-state index contributed by atoms with van der Waals surface area (Å²) >= 11 is 1.14. The van der Waals surface area contributed by atoms with Gasteiger partial charge in [0.05, 0.1) is 28.5 Å². The molecule has 0 saturated heterocycles. The number of nitriles is 2. The number of fused-ring (bicyclic) bond motifs is 1. The summed E-state index contributed by atoms with van der Waals surface area (Å²) < 4.78 is 0. The Morgan fingerprint density at radius 1 is 1.38 bits per heavy atom. The zero-order valence-corrected chi connectivity index (χ0v) is 15.4. The van der Waals surface area contributed by atoms with Crippen molar-refractivity contribution < 1.29 is 9.59 Å². The van der Waals surface area contributed by atoms with Gasteiger partial charge in [0.15, 0.2) is 0 Å². The lowest BCUT2D eigenvalue weighted by atomic mass is 9.72. The van der Waals surface area contributed by atoms with Crippen molar-refractivity contribution >= 4 is 29.3 Å². The molecule has 2 amide bonds. The van der Waals surface area contributed by atoms with Crippen LogP contribution in [0, 0.1) is 34.0 Å². The van der Waals surface area contributed by atoms with Crippen molar-refractivity contribution in [1.82, 2.24) is 5.32 Å². The minimum atomic E-state index is -0.928. The van der Waals surface area contributed by atoms with Gasteiger partial charge < -0.3 is 10.2 Å². The van der Waals surface area contributed by atoms with Gasteiger partial charge in [0.1, 0.15) is 5.92 Å². The highest BCUT2D eigenvalue weighted by molar-refractivity contribution is 8.03. The molecule has 1 N–H and O–H groups in total.